The van der Waals surface area contributed by atoms with E-state index in [2.05, 4.69) is 6.58 Å². The Kier molecular flexibility index (Phi) is 4.25. The number of allylic oxidation sites excluding steroid dienone is 1. The standard InChI is InChI=1S/C16H20O3/c1-4-5-12-6-7-15(18-3)16(8-12)19-14-9-13(10-14)11(2)17/h4,6-8,13-14H,1,5,9-10H2,2-3H3/t13-,14-. The van der Waals surface area contributed by atoms with Crippen LogP contribution in [-0.2, 0) is 11.2 Å². The summed E-state index contributed by atoms with van der Waals surface area (Å²) in [6, 6.07) is 5.91. The number of hydrogen-bond donors (Lipinski definition) is 0. The van der Waals surface area contributed by atoms with Crippen LogP contribution in [0.3, 0.4) is 0 Å². The molecule has 1 fully saturated rings. The molecule has 0 atom stereocenters. The smallest absolute Gasteiger partial charge is 0.161 e. The van der Waals surface area contributed by atoms with Crippen molar-refractivity contribution in [2.24, 2.45) is 5.92 Å². The van der Waals surface area contributed by atoms with Crippen molar-refractivity contribution in [3.05, 3.63) is 36.4 Å². The van der Waals surface area contributed by atoms with Gasteiger partial charge in [0.05, 0.1) is 7.11 Å². The summed E-state index contributed by atoms with van der Waals surface area (Å²) in [7, 11) is 1.63. The summed E-state index contributed by atoms with van der Waals surface area (Å²) in [5.74, 6) is 1.92. The normalized spacial score (nSPS) is 21.4. The van der Waals surface area contributed by atoms with Crippen LogP contribution in [0.25, 0.3) is 0 Å². The lowest BCUT2D eigenvalue weighted by Gasteiger charge is -2.34. The Morgan fingerprint density at radius 2 is 2.16 bits per heavy atom. The lowest BCUT2D eigenvalue weighted by molar-refractivity contribution is -0.126. The molecule has 0 heterocycles. The highest BCUT2D eigenvalue weighted by Gasteiger charge is 2.34. The number of benzene rings is 1. The van der Waals surface area contributed by atoms with Crippen LogP contribution in [-0.4, -0.2) is 19.0 Å². The average Bonchev–Trinajstić information content (AvgIpc) is 2.33. The molecule has 3 heteroatoms. The van der Waals surface area contributed by atoms with Gasteiger partial charge in [0.25, 0.3) is 0 Å². The van der Waals surface area contributed by atoms with E-state index in [-0.39, 0.29) is 17.8 Å². The minimum absolute atomic E-state index is 0.127. The number of ether oxygens (including phenoxy) is 2. The van der Waals surface area contributed by atoms with Crippen molar-refractivity contribution in [2.45, 2.75) is 32.3 Å². The minimum atomic E-state index is 0.127. The lowest BCUT2D eigenvalue weighted by Crippen LogP contribution is -2.37. The zero-order chi connectivity index (χ0) is 13.8. The number of carbonyl (C=O) groups excluding carboxylic acids is 1. The van der Waals surface area contributed by atoms with Crippen LogP contribution in [0, 0.1) is 5.92 Å². The van der Waals surface area contributed by atoms with Crippen LogP contribution >= 0.6 is 0 Å². The van der Waals surface area contributed by atoms with Crippen LogP contribution in [0.2, 0.25) is 0 Å². The third-order valence-electron chi connectivity index (χ3n) is 3.57. The fourth-order valence-electron chi connectivity index (χ4n) is 2.28. The lowest BCUT2D eigenvalue weighted by atomic mass is 9.80. The third kappa shape index (κ3) is 3.16. The molecule has 1 aliphatic carbocycles. The quantitative estimate of drug-likeness (QED) is 0.737. The number of methoxy groups -OCH3 is 1. The first-order valence-corrected chi connectivity index (χ1v) is 6.59. The molecule has 2 rings (SSSR count). The molecule has 1 aromatic rings. The van der Waals surface area contributed by atoms with E-state index < -0.39 is 0 Å². The molecule has 0 amide bonds. The first-order chi connectivity index (χ1) is 9.13. The second-order valence-electron chi connectivity index (χ2n) is 5.00. The zero-order valence-corrected chi connectivity index (χ0v) is 11.5. The molecule has 0 aliphatic heterocycles. The molecule has 0 radical (unpaired) electrons. The van der Waals surface area contributed by atoms with Gasteiger partial charge in [-0.25, -0.2) is 0 Å². The molecular weight excluding hydrogens is 240 g/mol. The van der Waals surface area contributed by atoms with Crippen LogP contribution < -0.4 is 9.47 Å². The number of carbonyl (C=O) groups is 1. The van der Waals surface area contributed by atoms with Crippen LogP contribution in [0.4, 0.5) is 0 Å². The topological polar surface area (TPSA) is 35.5 Å². The van der Waals surface area contributed by atoms with Crippen molar-refractivity contribution in [3.63, 3.8) is 0 Å². The van der Waals surface area contributed by atoms with Crippen molar-refractivity contribution in [1.29, 1.82) is 0 Å². The van der Waals surface area contributed by atoms with Gasteiger partial charge in [-0.2, -0.15) is 0 Å². The third-order valence-corrected chi connectivity index (χ3v) is 3.57. The van der Waals surface area contributed by atoms with Crippen molar-refractivity contribution in [2.75, 3.05) is 7.11 Å². The average molecular weight is 260 g/mol. The van der Waals surface area contributed by atoms with Crippen LogP contribution in [0.5, 0.6) is 11.5 Å². The SMILES string of the molecule is C=CCc1ccc(OC)c(O[C@H]2C[C@H](C(C)=O)C2)c1. The van der Waals surface area contributed by atoms with Gasteiger partial charge in [-0.3, -0.25) is 4.79 Å². The van der Waals surface area contributed by atoms with Gasteiger partial charge in [0.15, 0.2) is 11.5 Å². The second kappa shape index (κ2) is 5.91. The Morgan fingerprint density at radius 3 is 2.74 bits per heavy atom. The minimum Gasteiger partial charge on any atom is -0.493 e. The van der Waals surface area contributed by atoms with Gasteiger partial charge in [0.1, 0.15) is 11.9 Å². The maximum absolute atomic E-state index is 11.2. The van der Waals surface area contributed by atoms with E-state index in [0.29, 0.717) is 0 Å². The molecule has 0 spiro atoms. The molecule has 1 aliphatic rings. The Balaban J connectivity index is 2.04. The molecule has 0 saturated heterocycles. The molecular formula is C16H20O3. The second-order valence-corrected chi connectivity index (χ2v) is 5.00. The molecule has 102 valence electrons. The summed E-state index contributed by atoms with van der Waals surface area (Å²) in [5, 5.41) is 0. The zero-order valence-electron chi connectivity index (χ0n) is 11.5. The van der Waals surface area contributed by atoms with E-state index in [9.17, 15) is 4.79 Å². The van der Waals surface area contributed by atoms with Gasteiger partial charge < -0.3 is 9.47 Å². The molecule has 3 nitrogen and oxygen atoms in total. The van der Waals surface area contributed by atoms with Crippen molar-refractivity contribution in [1.82, 2.24) is 0 Å². The Hall–Kier alpha value is -1.77. The van der Waals surface area contributed by atoms with E-state index in [1.165, 1.54) is 0 Å². The highest BCUT2D eigenvalue weighted by atomic mass is 16.5. The van der Waals surface area contributed by atoms with Crippen molar-refractivity contribution < 1.29 is 14.3 Å². The van der Waals surface area contributed by atoms with E-state index in [1.807, 2.05) is 24.3 Å². The van der Waals surface area contributed by atoms with Crippen LogP contribution in [0.15, 0.2) is 30.9 Å². The van der Waals surface area contributed by atoms with E-state index in [1.54, 1.807) is 14.0 Å². The predicted octanol–water partition coefficient (Wildman–Crippen LogP) is 3.17. The van der Waals surface area contributed by atoms with Gasteiger partial charge >= 0.3 is 0 Å². The van der Waals surface area contributed by atoms with Gasteiger partial charge in [0.2, 0.25) is 0 Å². The number of rotatable bonds is 6. The Labute approximate surface area is 114 Å². The summed E-state index contributed by atoms with van der Waals surface area (Å²) in [6.45, 7) is 5.38. The molecule has 0 aromatic heterocycles. The number of Topliss-reactive ketones (excluding diaryl/α,β-unsaturated/α-hetero) is 1. The van der Waals surface area contributed by atoms with Crippen LogP contribution in [0.1, 0.15) is 25.3 Å². The predicted molar refractivity (Wildman–Crippen MR) is 74.7 cm³/mol. The fraction of sp³-hybridized carbons (Fsp3) is 0.438. The molecule has 0 bridgehead atoms. The summed E-state index contributed by atoms with van der Waals surface area (Å²) in [4.78, 5) is 11.2. The maximum atomic E-state index is 11.2. The number of hydrogen-bond acceptors (Lipinski definition) is 3. The molecule has 19 heavy (non-hydrogen) atoms. The molecule has 0 N–H and O–H groups in total. The maximum Gasteiger partial charge on any atom is 0.161 e. The Bertz CT molecular complexity index is 473. The molecule has 0 unspecified atom stereocenters. The van der Waals surface area contributed by atoms with Gasteiger partial charge in [0, 0.05) is 5.92 Å². The van der Waals surface area contributed by atoms with Gasteiger partial charge in [-0.1, -0.05) is 12.1 Å². The number of ketones is 1. The van der Waals surface area contributed by atoms with Crippen molar-refractivity contribution in [3.8, 4) is 11.5 Å². The summed E-state index contributed by atoms with van der Waals surface area (Å²) in [6.07, 6.45) is 4.41. The van der Waals surface area contributed by atoms with Gasteiger partial charge in [-0.15, -0.1) is 6.58 Å². The first kappa shape index (κ1) is 13.7. The fourth-order valence-corrected chi connectivity index (χ4v) is 2.28. The van der Waals surface area contributed by atoms with Crippen molar-refractivity contribution >= 4 is 5.78 Å². The van der Waals surface area contributed by atoms with E-state index in [0.717, 1.165) is 36.3 Å². The van der Waals surface area contributed by atoms with E-state index in [4.69, 9.17) is 9.47 Å². The van der Waals surface area contributed by atoms with Gasteiger partial charge in [-0.05, 0) is 43.9 Å². The van der Waals surface area contributed by atoms with E-state index >= 15 is 0 Å². The first-order valence-electron chi connectivity index (χ1n) is 6.59. The summed E-state index contributed by atoms with van der Waals surface area (Å²) < 4.78 is 11.2. The monoisotopic (exact) mass is 260 g/mol. The molecule has 1 aromatic carbocycles. The highest BCUT2D eigenvalue weighted by molar-refractivity contribution is 5.79. The highest BCUT2D eigenvalue weighted by Crippen LogP contribution is 2.36. The largest absolute Gasteiger partial charge is 0.493 e. The molecule has 1 saturated carbocycles. The summed E-state index contributed by atoms with van der Waals surface area (Å²) >= 11 is 0. The summed E-state index contributed by atoms with van der Waals surface area (Å²) in [5.41, 5.74) is 1.15. The Morgan fingerprint density at radius 1 is 1.42 bits per heavy atom.